The molecule has 0 rings (SSSR count). The van der Waals surface area contributed by atoms with E-state index in [-0.39, 0.29) is 7.43 Å². The molecule has 0 saturated heterocycles. The maximum atomic E-state index is 4.90. The summed E-state index contributed by atoms with van der Waals surface area (Å²) in [4.78, 5) is 0. The van der Waals surface area contributed by atoms with Gasteiger partial charge in [0.15, 0.2) is 0 Å². The minimum Gasteiger partial charge on any atom is -0.384 e. The Morgan fingerprint density at radius 1 is 1.08 bits per heavy atom. The molecule has 0 saturated carbocycles. The summed E-state index contributed by atoms with van der Waals surface area (Å²) in [5, 5.41) is 0. The minimum atomic E-state index is 0. The van der Waals surface area contributed by atoms with Gasteiger partial charge in [-0.25, -0.2) is 0 Å². The Morgan fingerprint density at radius 3 is 1.54 bits per heavy atom. The summed E-state index contributed by atoms with van der Waals surface area (Å²) < 4.78 is 9.70. The second-order valence-corrected chi connectivity index (χ2v) is 3.30. The van der Waals surface area contributed by atoms with Crippen molar-refractivity contribution in [1.82, 2.24) is 0 Å². The predicted molar refractivity (Wildman–Crippen MR) is 60.2 cm³/mol. The molecule has 0 fully saturated rings. The smallest absolute Gasteiger partial charge is 0.0540 e. The molecule has 0 aliphatic heterocycles. The zero-order chi connectivity index (χ0) is 9.98. The largest absolute Gasteiger partial charge is 0.384 e. The van der Waals surface area contributed by atoms with Crippen LogP contribution in [0.4, 0.5) is 0 Å². The van der Waals surface area contributed by atoms with Crippen LogP contribution in [-0.2, 0) is 9.47 Å². The van der Waals surface area contributed by atoms with E-state index in [1.54, 1.807) is 14.2 Å². The van der Waals surface area contributed by atoms with Gasteiger partial charge in [-0.05, 0) is 19.3 Å². The van der Waals surface area contributed by atoms with Crippen LogP contribution in [0.3, 0.4) is 0 Å². The summed E-state index contributed by atoms with van der Waals surface area (Å²) in [6, 6.07) is 0. The van der Waals surface area contributed by atoms with Gasteiger partial charge in [-0.15, -0.1) is 0 Å². The molecule has 0 heterocycles. The average molecular weight is 192 g/mol. The fourth-order valence-corrected chi connectivity index (χ4v) is 0.500. The Hall–Kier alpha value is -0.0800. The van der Waals surface area contributed by atoms with Gasteiger partial charge in [-0.3, -0.25) is 0 Å². The monoisotopic (exact) mass is 192 g/mol. The summed E-state index contributed by atoms with van der Waals surface area (Å²) >= 11 is 0. The Labute approximate surface area is 84.6 Å². The summed E-state index contributed by atoms with van der Waals surface area (Å²) in [5.74, 6) is 0.676. The van der Waals surface area contributed by atoms with Crippen LogP contribution < -0.4 is 0 Å². The first-order valence-electron chi connectivity index (χ1n) is 4.60. The van der Waals surface area contributed by atoms with Crippen LogP contribution in [0.2, 0.25) is 0 Å². The molecule has 0 aliphatic rings. The summed E-state index contributed by atoms with van der Waals surface area (Å²) in [6.07, 6.45) is 1.54. The lowest BCUT2D eigenvalue weighted by Gasteiger charge is -2.01. The molecule has 2 heteroatoms. The number of rotatable bonds is 4. The SMILES string of the molecule is C.CCC(C)OC.COCC(C)C. The third-order valence-electron chi connectivity index (χ3n) is 1.48. The lowest BCUT2D eigenvalue weighted by molar-refractivity contribution is 0.115. The van der Waals surface area contributed by atoms with E-state index < -0.39 is 0 Å². The molecule has 1 atom stereocenters. The van der Waals surface area contributed by atoms with Crippen molar-refractivity contribution in [3.05, 3.63) is 0 Å². The summed E-state index contributed by atoms with van der Waals surface area (Å²) in [7, 11) is 3.45. The van der Waals surface area contributed by atoms with Crippen LogP contribution in [0.5, 0.6) is 0 Å². The average Bonchev–Trinajstić information content (AvgIpc) is 2.04. The van der Waals surface area contributed by atoms with Crippen molar-refractivity contribution < 1.29 is 9.47 Å². The van der Waals surface area contributed by atoms with E-state index in [9.17, 15) is 0 Å². The molecule has 13 heavy (non-hydrogen) atoms. The molecule has 0 aromatic rings. The van der Waals surface area contributed by atoms with E-state index >= 15 is 0 Å². The lowest BCUT2D eigenvalue weighted by atomic mass is 10.2. The molecule has 0 bridgehead atoms. The fraction of sp³-hybridized carbons (Fsp3) is 1.00. The molecule has 2 nitrogen and oxygen atoms in total. The van der Waals surface area contributed by atoms with Crippen molar-refractivity contribution in [2.24, 2.45) is 5.92 Å². The zero-order valence-electron chi connectivity index (χ0n) is 9.39. The molecule has 0 amide bonds. The van der Waals surface area contributed by atoms with Crippen molar-refractivity contribution >= 4 is 0 Å². The molecule has 0 aromatic carbocycles. The van der Waals surface area contributed by atoms with Gasteiger partial charge in [0.25, 0.3) is 0 Å². The number of ether oxygens (including phenoxy) is 2. The van der Waals surface area contributed by atoms with Crippen LogP contribution in [0.1, 0.15) is 41.5 Å². The molecular weight excluding hydrogens is 164 g/mol. The second kappa shape index (κ2) is 14.4. The van der Waals surface area contributed by atoms with Crippen LogP contribution in [0.15, 0.2) is 0 Å². The van der Waals surface area contributed by atoms with Gasteiger partial charge >= 0.3 is 0 Å². The van der Waals surface area contributed by atoms with E-state index in [0.29, 0.717) is 12.0 Å². The highest BCUT2D eigenvalue weighted by atomic mass is 16.5. The Morgan fingerprint density at radius 2 is 1.54 bits per heavy atom. The first kappa shape index (κ1) is 18.7. The fourth-order valence-electron chi connectivity index (χ4n) is 0.500. The molecule has 0 radical (unpaired) electrons. The molecule has 0 N–H and O–H groups in total. The molecule has 0 spiro atoms. The van der Waals surface area contributed by atoms with Gasteiger partial charge in [0, 0.05) is 20.8 Å². The zero-order valence-corrected chi connectivity index (χ0v) is 9.39. The Bertz CT molecular complexity index is 68.5. The highest BCUT2D eigenvalue weighted by Gasteiger charge is 1.88. The standard InChI is InChI=1S/2C5H12O.CH4/c1-5(2)4-6-3;1-4-5(2)6-3;/h2*5H,4H2,1-3H3;1H4. The highest BCUT2D eigenvalue weighted by Crippen LogP contribution is 1.90. The maximum Gasteiger partial charge on any atom is 0.0540 e. The van der Waals surface area contributed by atoms with Gasteiger partial charge in [0.2, 0.25) is 0 Å². The van der Waals surface area contributed by atoms with Crippen molar-refractivity contribution in [1.29, 1.82) is 0 Å². The first-order chi connectivity index (χ1) is 5.58. The van der Waals surface area contributed by atoms with E-state index in [0.717, 1.165) is 13.0 Å². The molecule has 1 unspecified atom stereocenters. The topological polar surface area (TPSA) is 18.5 Å². The Kier molecular flexibility index (Phi) is 20.7. The molecule has 84 valence electrons. The van der Waals surface area contributed by atoms with Crippen LogP contribution in [-0.4, -0.2) is 26.9 Å². The highest BCUT2D eigenvalue weighted by molar-refractivity contribution is 4.38. The number of methoxy groups -OCH3 is 2. The third kappa shape index (κ3) is 24.5. The van der Waals surface area contributed by atoms with Gasteiger partial charge in [-0.1, -0.05) is 28.2 Å². The molecular formula is C11H28O2. The number of hydrogen-bond donors (Lipinski definition) is 0. The quantitative estimate of drug-likeness (QED) is 0.680. The lowest BCUT2D eigenvalue weighted by Crippen LogP contribution is -2.00. The maximum absolute atomic E-state index is 4.90. The van der Waals surface area contributed by atoms with Crippen molar-refractivity contribution in [3.63, 3.8) is 0 Å². The van der Waals surface area contributed by atoms with Crippen LogP contribution in [0, 0.1) is 5.92 Å². The van der Waals surface area contributed by atoms with E-state index in [1.165, 1.54) is 0 Å². The predicted octanol–water partition coefficient (Wildman–Crippen LogP) is 3.36. The first-order valence-corrected chi connectivity index (χ1v) is 4.60. The van der Waals surface area contributed by atoms with Crippen molar-refractivity contribution in [2.75, 3.05) is 20.8 Å². The molecule has 0 aliphatic carbocycles. The van der Waals surface area contributed by atoms with Crippen molar-refractivity contribution in [3.8, 4) is 0 Å². The third-order valence-corrected chi connectivity index (χ3v) is 1.48. The van der Waals surface area contributed by atoms with Crippen LogP contribution >= 0.6 is 0 Å². The van der Waals surface area contributed by atoms with E-state index in [4.69, 9.17) is 9.47 Å². The van der Waals surface area contributed by atoms with Crippen LogP contribution in [0.25, 0.3) is 0 Å². The minimum absolute atomic E-state index is 0. The summed E-state index contributed by atoms with van der Waals surface area (Å²) in [6.45, 7) is 9.29. The summed E-state index contributed by atoms with van der Waals surface area (Å²) in [5.41, 5.74) is 0. The van der Waals surface area contributed by atoms with E-state index in [1.807, 2.05) is 0 Å². The van der Waals surface area contributed by atoms with Gasteiger partial charge in [-0.2, -0.15) is 0 Å². The second-order valence-electron chi connectivity index (χ2n) is 3.30. The number of hydrogen-bond acceptors (Lipinski definition) is 2. The van der Waals surface area contributed by atoms with Gasteiger partial charge in [0.05, 0.1) is 6.10 Å². The molecule has 0 aromatic heterocycles. The van der Waals surface area contributed by atoms with Crippen molar-refractivity contribution in [2.45, 2.75) is 47.6 Å². The Balaban J connectivity index is -0.000000143. The van der Waals surface area contributed by atoms with E-state index in [2.05, 4.69) is 27.7 Å². The van der Waals surface area contributed by atoms with Gasteiger partial charge < -0.3 is 9.47 Å². The normalized spacial score (nSPS) is 11.3. The van der Waals surface area contributed by atoms with Gasteiger partial charge in [0.1, 0.15) is 0 Å².